The molecular formula is C23H30. The molecule has 0 amide bonds. The summed E-state index contributed by atoms with van der Waals surface area (Å²) in [6.07, 6.45) is 13.6. The second-order valence-electron chi connectivity index (χ2n) is 7.08. The molecule has 0 nitrogen and oxygen atoms in total. The summed E-state index contributed by atoms with van der Waals surface area (Å²) in [5, 5.41) is 0. The van der Waals surface area contributed by atoms with Gasteiger partial charge in [0.05, 0.1) is 0 Å². The first kappa shape index (κ1) is 16.3. The van der Waals surface area contributed by atoms with Gasteiger partial charge in [0.1, 0.15) is 0 Å². The third-order valence-corrected chi connectivity index (χ3v) is 5.35. The van der Waals surface area contributed by atoms with E-state index in [0.29, 0.717) is 0 Å². The van der Waals surface area contributed by atoms with Crippen LogP contribution < -0.4 is 0 Å². The molecule has 2 aromatic rings. The van der Waals surface area contributed by atoms with E-state index in [2.05, 4.69) is 54.6 Å². The van der Waals surface area contributed by atoms with Crippen LogP contribution in [0, 0.1) is 0 Å². The summed E-state index contributed by atoms with van der Waals surface area (Å²) >= 11 is 0. The molecular weight excluding hydrogens is 276 g/mol. The molecule has 0 N–H and O–H groups in total. The lowest BCUT2D eigenvalue weighted by atomic mass is 9.81. The van der Waals surface area contributed by atoms with E-state index in [4.69, 9.17) is 0 Å². The van der Waals surface area contributed by atoms with Crippen LogP contribution in [0.15, 0.2) is 54.6 Å². The second kappa shape index (κ2) is 8.91. The molecule has 1 saturated carbocycles. The van der Waals surface area contributed by atoms with Gasteiger partial charge in [-0.05, 0) is 61.1 Å². The number of benzene rings is 2. The summed E-state index contributed by atoms with van der Waals surface area (Å²) in [5.41, 5.74) is 4.77. The number of rotatable bonds is 7. The molecule has 0 aromatic heterocycles. The van der Waals surface area contributed by atoms with E-state index in [-0.39, 0.29) is 0 Å². The van der Waals surface area contributed by atoms with Gasteiger partial charge >= 0.3 is 0 Å². The van der Waals surface area contributed by atoms with Crippen LogP contribution >= 0.6 is 0 Å². The molecule has 1 aliphatic carbocycles. The van der Waals surface area contributed by atoms with Gasteiger partial charge in [-0.3, -0.25) is 0 Å². The topological polar surface area (TPSA) is 0 Å². The van der Waals surface area contributed by atoms with Crippen LogP contribution in [-0.4, -0.2) is 0 Å². The van der Waals surface area contributed by atoms with Crippen LogP contribution in [0.5, 0.6) is 0 Å². The molecule has 0 unspecified atom stereocenters. The van der Waals surface area contributed by atoms with Crippen LogP contribution in [0.2, 0.25) is 0 Å². The summed E-state index contributed by atoms with van der Waals surface area (Å²) in [6.45, 7) is 0. The molecule has 2 aromatic carbocycles. The van der Waals surface area contributed by atoms with E-state index < -0.39 is 0 Å². The summed E-state index contributed by atoms with van der Waals surface area (Å²) in [5.74, 6) is 0.837. The quantitative estimate of drug-likeness (QED) is 0.500. The molecule has 122 valence electrons. The Hall–Kier alpha value is -1.56. The van der Waals surface area contributed by atoms with Crippen LogP contribution in [0.25, 0.3) is 0 Å². The normalized spacial score (nSPS) is 15.7. The SMILES string of the molecule is c1ccc(CCCCCc2ccccc2C2CCCCC2)cc1. The van der Waals surface area contributed by atoms with Gasteiger partial charge in [0.2, 0.25) is 0 Å². The summed E-state index contributed by atoms with van der Waals surface area (Å²) < 4.78 is 0. The Morgan fingerprint density at radius 1 is 0.652 bits per heavy atom. The molecule has 1 aliphatic rings. The molecule has 1 fully saturated rings. The molecule has 0 saturated heterocycles. The maximum absolute atomic E-state index is 2.40. The molecule has 0 spiro atoms. The van der Waals surface area contributed by atoms with Crippen molar-refractivity contribution in [2.75, 3.05) is 0 Å². The zero-order valence-corrected chi connectivity index (χ0v) is 14.3. The molecule has 23 heavy (non-hydrogen) atoms. The van der Waals surface area contributed by atoms with Crippen molar-refractivity contribution in [3.63, 3.8) is 0 Å². The third-order valence-electron chi connectivity index (χ3n) is 5.35. The highest BCUT2D eigenvalue weighted by molar-refractivity contribution is 5.31. The maximum Gasteiger partial charge on any atom is -0.0159 e. The van der Waals surface area contributed by atoms with Gasteiger partial charge in [0.25, 0.3) is 0 Å². The molecule has 0 heterocycles. The first-order valence-electron chi connectivity index (χ1n) is 9.55. The Kier molecular flexibility index (Phi) is 6.32. The van der Waals surface area contributed by atoms with Gasteiger partial charge in [-0.1, -0.05) is 80.3 Å². The van der Waals surface area contributed by atoms with E-state index in [1.807, 2.05) is 0 Å². The Morgan fingerprint density at radius 3 is 2.17 bits per heavy atom. The van der Waals surface area contributed by atoms with Crippen molar-refractivity contribution in [1.29, 1.82) is 0 Å². The van der Waals surface area contributed by atoms with Gasteiger partial charge in [-0.15, -0.1) is 0 Å². The molecule has 0 aliphatic heterocycles. The Balaban J connectivity index is 1.46. The van der Waals surface area contributed by atoms with E-state index in [1.54, 1.807) is 11.1 Å². The molecule has 0 heteroatoms. The molecule has 0 radical (unpaired) electrons. The van der Waals surface area contributed by atoms with Crippen molar-refractivity contribution >= 4 is 0 Å². The summed E-state index contributed by atoms with van der Waals surface area (Å²) in [6, 6.07) is 20.1. The average Bonchev–Trinajstić information content (AvgIpc) is 2.63. The third kappa shape index (κ3) is 4.96. The predicted octanol–water partition coefficient (Wildman–Crippen LogP) is 6.69. The Bertz CT molecular complexity index is 564. The van der Waals surface area contributed by atoms with Crippen molar-refractivity contribution in [2.24, 2.45) is 0 Å². The fourth-order valence-electron chi connectivity index (χ4n) is 4.04. The van der Waals surface area contributed by atoms with E-state index in [1.165, 1.54) is 69.8 Å². The van der Waals surface area contributed by atoms with Crippen LogP contribution in [-0.2, 0) is 12.8 Å². The van der Waals surface area contributed by atoms with Crippen molar-refractivity contribution in [3.8, 4) is 0 Å². The maximum atomic E-state index is 2.40. The van der Waals surface area contributed by atoms with E-state index >= 15 is 0 Å². The van der Waals surface area contributed by atoms with Gasteiger partial charge < -0.3 is 0 Å². The highest BCUT2D eigenvalue weighted by atomic mass is 14.2. The van der Waals surface area contributed by atoms with Crippen LogP contribution in [0.1, 0.15) is 74.0 Å². The smallest absolute Gasteiger partial charge is 0.0159 e. The first-order chi connectivity index (χ1) is 11.4. The largest absolute Gasteiger partial charge is 0.0622 e. The zero-order valence-electron chi connectivity index (χ0n) is 14.3. The molecule has 0 bridgehead atoms. The minimum absolute atomic E-state index is 0.837. The predicted molar refractivity (Wildman–Crippen MR) is 100.0 cm³/mol. The lowest BCUT2D eigenvalue weighted by Crippen LogP contribution is -2.07. The Morgan fingerprint density at radius 2 is 1.35 bits per heavy atom. The Labute approximate surface area is 141 Å². The first-order valence-corrected chi connectivity index (χ1v) is 9.55. The monoisotopic (exact) mass is 306 g/mol. The standard InChI is InChI=1S/C23H30/c1-4-12-20(13-5-1)14-6-2-7-15-22-18-10-11-19-23(22)21-16-8-3-9-17-21/h1,4-5,10-13,18-19,21H,2-3,6-9,14-17H2. The number of hydrogen-bond acceptors (Lipinski definition) is 0. The van der Waals surface area contributed by atoms with Crippen LogP contribution in [0.4, 0.5) is 0 Å². The fourth-order valence-corrected chi connectivity index (χ4v) is 4.04. The minimum atomic E-state index is 0.837. The van der Waals surface area contributed by atoms with Crippen molar-refractivity contribution in [1.82, 2.24) is 0 Å². The summed E-state index contributed by atoms with van der Waals surface area (Å²) in [7, 11) is 0. The second-order valence-corrected chi connectivity index (χ2v) is 7.08. The highest BCUT2D eigenvalue weighted by Crippen LogP contribution is 2.34. The van der Waals surface area contributed by atoms with Crippen molar-refractivity contribution in [3.05, 3.63) is 71.3 Å². The van der Waals surface area contributed by atoms with Crippen molar-refractivity contribution in [2.45, 2.75) is 70.1 Å². The average molecular weight is 306 g/mol. The van der Waals surface area contributed by atoms with E-state index in [9.17, 15) is 0 Å². The van der Waals surface area contributed by atoms with E-state index in [0.717, 1.165) is 5.92 Å². The van der Waals surface area contributed by atoms with Crippen molar-refractivity contribution < 1.29 is 0 Å². The molecule has 0 atom stereocenters. The van der Waals surface area contributed by atoms with Gasteiger partial charge in [0.15, 0.2) is 0 Å². The van der Waals surface area contributed by atoms with Gasteiger partial charge in [-0.25, -0.2) is 0 Å². The highest BCUT2D eigenvalue weighted by Gasteiger charge is 2.17. The molecule has 3 rings (SSSR count). The van der Waals surface area contributed by atoms with Crippen LogP contribution in [0.3, 0.4) is 0 Å². The number of unbranched alkanes of at least 4 members (excludes halogenated alkanes) is 2. The lowest BCUT2D eigenvalue weighted by Gasteiger charge is -2.24. The van der Waals surface area contributed by atoms with Gasteiger partial charge in [0, 0.05) is 0 Å². The minimum Gasteiger partial charge on any atom is -0.0622 e. The zero-order chi connectivity index (χ0) is 15.7. The lowest BCUT2D eigenvalue weighted by molar-refractivity contribution is 0.441. The number of hydrogen-bond donors (Lipinski definition) is 0. The fraction of sp³-hybridized carbons (Fsp3) is 0.478. The van der Waals surface area contributed by atoms with Gasteiger partial charge in [-0.2, -0.15) is 0 Å². The summed E-state index contributed by atoms with van der Waals surface area (Å²) in [4.78, 5) is 0. The number of aryl methyl sites for hydroxylation is 2.